The molecule has 0 aliphatic carbocycles. The van der Waals surface area contributed by atoms with Crippen LogP contribution in [-0.2, 0) is 16.1 Å². The number of carboxylic acid groups (broad SMARTS) is 2. The Morgan fingerprint density at radius 3 is 2.42 bits per heavy atom. The summed E-state index contributed by atoms with van der Waals surface area (Å²) in [7, 11) is 0. The highest BCUT2D eigenvalue weighted by Gasteiger charge is 2.32. The van der Waals surface area contributed by atoms with Crippen molar-refractivity contribution in [2.45, 2.75) is 12.6 Å². The van der Waals surface area contributed by atoms with Crippen LogP contribution in [0.15, 0.2) is 60.8 Å². The summed E-state index contributed by atoms with van der Waals surface area (Å²) in [6, 6.07) is 13.2. The van der Waals surface area contributed by atoms with E-state index in [2.05, 4.69) is 17.1 Å². The molecular weight excluding hydrogens is 425 g/mol. The highest BCUT2D eigenvalue weighted by atomic mass is 19.1. The summed E-state index contributed by atoms with van der Waals surface area (Å²) in [5, 5.41) is 19.8. The van der Waals surface area contributed by atoms with E-state index in [1.807, 2.05) is 35.2 Å². The molecule has 1 aliphatic heterocycles. The molecule has 0 spiro atoms. The number of halogens is 1. The molecule has 2 heterocycles. The fourth-order valence-corrected chi connectivity index (χ4v) is 4.38. The molecule has 1 aromatic heterocycles. The second kappa shape index (κ2) is 9.97. The van der Waals surface area contributed by atoms with Crippen LogP contribution >= 0.6 is 0 Å². The lowest BCUT2D eigenvalue weighted by atomic mass is 10.0. The highest BCUT2D eigenvalue weighted by Crippen LogP contribution is 2.32. The van der Waals surface area contributed by atoms with Crippen molar-refractivity contribution in [3.05, 3.63) is 77.7 Å². The van der Waals surface area contributed by atoms with Crippen molar-refractivity contribution in [3.63, 3.8) is 0 Å². The molecule has 1 fully saturated rings. The smallest absolute Gasteiger partial charge is 0.325 e. The van der Waals surface area contributed by atoms with Gasteiger partial charge in [0.1, 0.15) is 18.4 Å². The van der Waals surface area contributed by atoms with Crippen LogP contribution in [0.2, 0.25) is 0 Å². The van der Waals surface area contributed by atoms with Gasteiger partial charge in [-0.15, -0.1) is 0 Å². The number of hydrogen-bond acceptors (Lipinski definition) is 4. The van der Waals surface area contributed by atoms with Gasteiger partial charge >= 0.3 is 11.9 Å². The SMILES string of the molecule is O=C(O)Cn1cc([C@@H](C(=O)O)N2CCN(C/C=C/c3ccccc3)CC2)c2ccc(F)cc21. The van der Waals surface area contributed by atoms with Crippen molar-refractivity contribution >= 4 is 28.9 Å². The minimum absolute atomic E-state index is 0.367. The predicted molar refractivity (Wildman–Crippen MR) is 123 cm³/mol. The number of carboxylic acids is 2. The van der Waals surface area contributed by atoms with Crippen LogP contribution in [0, 0.1) is 5.82 Å². The van der Waals surface area contributed by atoms with E-state index in [0.29, 0.717) is 42.6 Å². The Labute approximate surface area is 191 Å². The first kappa shape index (κ1) is 22.7. The van der Waals surface area contributed by atoms with Crippen molar-refractivity contribution < 1.29 is 24.2 Å². The molecule has 172 valence electrons. The molecule has 0 radical (unpaired) electrons. The lowest BCUT2D eigenvalue weighted by Gasteiger charge is -2.37. The monoisotopic (exact) mass is 451 g/mol. The summed E-state index contributed by atoms with van der Waals surface area (Å²) in [5.74, 6) is -2.58. The average Bonchev–Trinajstić information content (AvgIpc) is 3.12. The van der Waals surface area contributed by atoms with Crippen LogP contribution in [0.3, 0.4) is 0 Å². The van der Waals surface area contributed by atoms with Gasteiger partial charge in [-0.2, -0.15) is 0 Å². The van der Waals surface area contributed by atoms with E-state index in [-0.39, 0.29) is 6.54 Å². The molecular formula is C25H26FN3O4. The molecule has 1 saturated heterocycles. The van der Waals surface area contributed by atoms with Crippen LogP contribution in [-0.4, -0.2) is 69.2 Å². The molecule has 33 heavy (non-hydrogen) atoms. The van der Waals surface area contributed by atoms with E-state index in [4.69, 9.17) is 0 Å². The third kappa shape index (κ3) is 5.30. The van der Waals surface area contributed by atoms with Gasteiger partial charge in [0.05, 0.1) is 5.52 Å². The first-order chi connectivity index (χ1) is 15.9. The molecule has 1 aliphatic rings. The highest BCUT2D eigenvalue weighted by molar-refractivity contribution is 5.90. The Bertz CT molecular complexity index is 1170. The number of nitrogens with zero attached hydrogens (tertiary/aromatic N) is 3. The number of aromatic nitrogens is 1. The number of carbonyl (C=O) groups is 2. The maximum atomic E-state index is 13.8. The normalized spacial score (nSPS) is 16.4. The second-order valence-corrected chi connectivity index (χ2v) is 8.16. The zero-order valence-corrected chi connectivity index (χ0v) is 18.1. The van der Waals surface area contributed by atoms with Crippen molar-refractivity contribution in [1.82, 2.24) is 14.4 Å². The van der Waals surface area contributed by atoms with E-state index in [1.54, 1.807) is 0 Å². The molecule has 2 aromatic carbocycles. The summed E-state index contributed by atoms with van der Waals surface area (Å²) in [5.41, 5.74) is 2.00. The van der Waals surface area contributed by atoms with Crippen molar-refractivity contribution in [3.8, 4) is 0 Å². The summed E-state index contributed by atoms with van der Waals surface area (Å²) < 4.78 is 15.2. The van der Waals surface area contributed by atoms with Gasteiger partial charge in [0.25, 0.3) is 0 Å². The maximum absolute atomic E-state index is 13.8. The Balaban J connectivity index is 1.50. The standard InChI is InChI=1S/C25H26FN3O4/c26-19-8-9-20-21(16-29(17-23(30)31)22(20)15-19)24(25(32)33)28-13-11-27(12-14-28)10-4-7-18-5-2-1-3-6-18/h1-9,15-16,24H,10-14,17H2,(H,30,31)(H,32,33)/b7-4+/t24-/m0/s1. The molecule has 0 unspecified atom stereocenters. The number of rotatable bonds is 8. The van der Waals surface area contributed by atoms with Crippen molar-refractivity contribution in [1.29, 1.82) is 0 Å². The van der Waals surface area contributed by atoms with Crippen molar-refractivity contribution in [2.75, 3.05) is 32.7 Å². The minimum Gasteiger partial charge on any atom is -0.480 e. The van der Waals surface area contributed by atoms with Gasteiger partial charge < -0.3 is 14.8 Å². The number of fused-ring (bicyclic) bond motifs is 1. The second-order valence-electron chi connectivity index (χ2n) is 8.16. The van der Waals surface area contributed by atoms with Crippen LogP contribution in [0.5, 0.6) is 0 Å². The Morgan fingerprint density at radius 1 is 1.03 bits per heavy atom. The number of aliphatic carboxylic acids is 2. The average molecular weight is 451 g/mol. The van der Waals surface area contributed by atoms with Gasteiger partial charge in [-0.1, -0.05) is 42.5 Å². The lowest BCUT2D eigenvalue weighted by Crippen LogP contribution is -2.49. The molecule has 4 rings (SSSR count). The maximum Gasteiger partial charge on any atom is 0.325 e. The van der Waals surface area contributed by atoms with E-state index >= 15 is 0 Å². The molecule has 1 atom stereocenters. The first-order valence-electron chi connectivity index (χ1n) is 10.8. The summed E-state index contributed by atoms with van der Waals surface area (Å²) >= 11 is 0. The van der Waals surface area contributed by atoms with Crippen LogP contribution in [0.1, 0.15) is 17.2 Å². The number of benzene rings is 2. The summed E-state index contributed by atoms with van der Waals surface area (Å²) in [6.07, 6.45) is 5.71. The van der Waals surface area contributed by atoms with E-state index in [1.165, 1.54) is 29.0 Å². The zero-order chi connectivity index (χ0) is 23.4. The minimum atomic E-state index is -1.08. The van der Waals surface area contributed by atoms with E-state index in [0.717, 1.165) is 12.1 Å². The molecule has 2 N–H and O–H groups in total. The lowest BCUT2D eigenvalue weighted by molar-refractivity contribution is -0.144. The summed E-state index contributed by atoms with van der Waals surface area (Å²) in [6.45, 7) is 2.95. The molecule has 7 nitrogen and oxygen atoms in total. The van der Waals surface area contributed by atoms with Gasteiger partial charge in [0, 0.05) is 49.9 Å². The first-order valence-corrected chi connectivity index (χ1v) is 10.8. The largest absolute Gasteiger partial charge is 0.480 e. The van der Waals surface area contributed by atoms with Gasteiger partial charge in [0.15, 0.2) is 0 Å². The van der Waals surface area contributed by atoms with Gasteiger partial charge in [-0.05, 0) is 23.8 Å². The third-order valence-electron chi connectivity index (χ3n) is 5.95. The van der Waals surface area contributed by atoms with Crippen LogP contribution < -0.4 is 0 Å². The quantitative estimate of drug-likeness (QED) is 0.547. The van der Waals surface area contributed by atoms with E-state index < -0.39 is 23.8 Å². The molecule has 8 heteroatoms. The Morgan fingerprint density at radius 2 is 1.76 bits per heavy atom. The molecule has 0 bridgehead atoms. The number of piperazine rings is 1. The van der Waals surface area contributed by atoms with Crippen LogP contribution in [0.25, 0.3) is 17.0 Å². The summed E-state index contributed by atoms with van der Waals surface area (Å²) in [4.78, 5) is 27.7. The Hall–Kier alpha value is -3.49. The fourth-order valence-electron chi connectivity index (χ4n) is 4.38. The van der Waals surface area contributed by atoms with Gasteiger partial charge in [-0.3, -0.25) is 19.4 Å². The molecule has 0 amide bonds. The van der Waals surface area contributed by atoms with Crippen molar-refractivity contribution in [2.24, 2.45) is 0 Å². The molecule has 0 saturated carbocycles. The zero-order valence-electron chi connectivity index (χ0n) is 18.1. The fraction of sp³-hybridized carbons (Fsp3) is 0.280. The molecule has 3 aromatic rings. The van der Waals surface area contributed by atoms with Gasteiger partial charge in [-0.25, -0.2) is 4.39 Å². The van der Waals surface area contributed by atoms with Crippen LogP contribution in [0.4, 0.5) is 4.39 Å². The number of hydrogen-bond donors (Lipinski definition) is 2. The topological polar surface area (TPSA) is 86.0 Å². The Kier molecular flexibility index (Phi) is 6.86. The predicted octanol–water partition coefficient (Wildman–Crippen LogP) is 3.32. The van der Waals surface area contributed by atoms with Gasteiger partial charge in [0.2, 0.25) is 0 Å². The third-order valence-corrected chi connectivity index (χ3v) is 5.95. The van der Waals surface area contributed by atoms with E-state index in [9.17, 15) is 24.2 Å².